The van der Waals surface area contributed by atoms with E-state index in [4.69, 9.17) is 5.11 Å². The molecule has 1 fully saturated rings. The Labute approximate surface area is 126 Å². The average Bonchev–Trinajstić information content (AvgIpc) is 2.88. The molecule has 0 amide bonds. The molecule has 0 bridgehead atoms. The maximum atomic E-state index is 11.9. The summed E-state index contributed by atoms with van der Waals surface area (Å²) in [6.45, 7) is 3.15. The molecule has 0 spiro atoms. The number of imidazole rings is 1. The summed E-state index contributed by atoms with van der Waals surface area (Å²) in [5.41, 5.74) is 0.365. The van der Waals surface area contributed by atoms with Crippen molar-refractivity contribution in [1.82, 2.24) is 24.4 Å². The van der Waals surface area contributed by atoms with E-state index in [0.29, 0.717) is 11.6 Å². The fourth-order valence-electron chi connectivity index (χ4n) is 2.62. The van der Waals surface area contributed by atoms with Crippen LogP contribution in [0.25, 0.3) is 11.2 Å². The SMILES string of the molecule is CN1CCN(c2nc3c(=O)[nH]cnc3n2C[C@@H](O)CO)CC1. The zero-order valence-corrected chi connectivity index (χ0v) is 12.4. The molecule has 0 unspecified atom stereocenters. The van der Waals surface area contributed by atoms with Gasteiger partial charge in [0.25, 0.3) is 5.56 Å². The van der Waals surface area contributed by atoms with Crippen molar-refractivity contribution < 1.29 is 10.2 Å². The summed E-state index contributed by atoms with van der Waals surface area (Å²) in [6, 6.07) is 0. The molecule has 3 rings (SSSR count). The van der Waals surface area contributed by atoms with Crippen LogP contribution in [-0.2, 0) is 6.54 Å². The van der Waals surface area contributed by atoms with Crippen molar-refractivity contribution in [3.8, 4) is 0 Å². The quantitative estimate of drug-likeness (QED) is 0.613. The maximum Gasteiger partial charge on any atom is 0.278 e. The fraction of sp³-hybridized carbons (Fsp3) is 0.615. The second kappa shape index (κ2) is 6.03. The lowest BCUT2D eigenvalue weighted by Crippen LogP contribution is -2.45. The highest BCUT2D eigenvalue weighted by molar-refractivity contribution is 5.73. The number of H-pyrrole nitrogens is 1. The highest BCUT2D eigenvalue weighted by Crippen LogP contribution is 2.20. The number of rotatable bonds is 4. The maximum absolute atomic E-state index is 11.9. The molecule has 1 aliphatic heterocycles. The monoisotopic (exact) mass is 308 g/mol. The van der Waals surface area contributed by atoms with Crippen molar-refractivity contribution in [3.05, 3.63) is 16.7 Å². The number of fused-ring (bicyclic) bond motifs is 1. The van der Waals surface area contributed by atoms with Gasteiger partial charge in [-0.05, 0) is 7.05 Å². The number of nitrogens with one attached hydrogen (secondary N) is 1. The standard InChI is InChI=1S/C13H20N6O3/c1-17-2-4-18(5-3-17)13-16-10-11(14-8-15-12(10)22)19(13)6-9(21)7-20/h8-9,20-21H,2-7H2,1H3,(H,14,15,22)/t9-/m1/s1. The molecule has 2 aromatic heterocycles. The molecule has 120 valence electrons. The minimum absolute atomic E-state index is 0.144. The molecule has 1 aliphatic rings. The van der Waals surface area contributed by atoms with Crippen molar-refractivity contribution in [1.29, 1.82) is 0 Å². The van der Waals surface area contributed by atoms with Gasteiger partial charge in [-0.3, -0.25) is 9.36 Å². The van der Waals surface area contributed by atoms with Crippen molar-refractivity contribution in [2.75, 3.05) is 44.7 Å². The number of aromatic nitrogens is 4. The van der Waals surface area contributed by atoms with Gasteiger partial charge in [0.2, 0.25) is 5.95 Å². The van der Waals surface area contributed by atoms with Crippen LogP contribution in [-0.4, -0.2) is 80.6 Å². The van der Waals surface area contributed by atoms with Crippen LogP contribution in [0.2, 0.25) is 0 Å². The summed E-state index contributed by atoms with van der Waals surface area (Å²) >= 11 is 0. The predicted molar refractivity (Wildman–Crippen MR) is 81.0 cm³/mol. The van der Waals surface area contributed by atoms with Gasteiger partial charge in [-0.1, -0.05) is 0 Å². The number of hydrogen-bond donors (Lipinski definition) is 3. The van der Waals surface area contributed by atoms with Gasteiger partial charge in [0.1, 0.15) is 0 Å². The Balaban J connectivity index is 2.05. The first-order valence-electron chi connectivity index (χ1n) is 7.26. The van der Waals surface area contributed by atoms with Gasteiger partial charge >= 0.3 is 0 Å². The van der Waals surface area contributed by atoms with Gasteiger partial charge in [-0.15, -0.1) is 0 Å². The van der Waals surface area contributed by atoms with E-state index in [1.54, 1.807) is 4.57 Å². The number of aliphatic hydroxyl groups excluding tert-OH is 2. The van der Waals surface area contributed by atoms with Crippen LogP contribution in [0.15, 0.2) is 11.1 Å². The Morgan fingerprint density at radius 3 is 2.77 bits per heavy atom. The number of hydrogen-bond acceptors (Lipinski definition) is 7. The molecule has 1 atom stereocenters. The summed E-state index contributed by atoms with van der Waals surface area (Å²) in [5.74, 6) is 0.611. The highest BCUT2D eigenvalue weighted by atomic mass is 16.3. The smallest absolute Gasteiger partial charge is 0.278 e. The van der Waals surface area contributed by atoms with Crippen LogP contribution in [0, 0.1) is 0 Å². The number of likely N-dealkylation sites (N-methyl/N-ethyl adjacent to an activating group) is 1. The first-order chi connectivity index (χ1) is 10.6. The molecule has 3 N–H and O–H groups in total. The zero-order valence-electron chi connectivity index (χ0n) is 12.4. The van der Waals surface area contributed by atoms with Gasteiger partial charge in [-0.2, -0.15) is 0 Å². The Hall–Kier alpha value is -1.97. The molecule has 2 aromatic rings. The van der Waals surface area contributed by atoms with Crippen molar-refractivity contribution in [2.24, 2.45) is 0 Å². The third-order valence-corrected chi connectivity index (χ3v) is 3.91. The second-order valence-corrected chi connectivity index (χ2v) is 5.55. The Morgan fingerprint density at radius 2 is 2.09 bits per heavy atom. The third-order valence-electron chi connectivity index (χ3n) is 3.91. The van der Waals surface area contributed by atoms with Gasteiger partial charge < -0.3 is 25.0 Å². The van der Waals surface area contributed by atoms with Crippen LogP contribution < -0.4 is 10.5 Å². The first-order valence-corrected chi connectivity index (χ1v) is 7.26. The number of aliphatic hydroxyl groups is 2. The minimum Gasteiger partial charge on any atom is -0.394 e. The summed E-state index contributed by atoms with van der Waals surface area (Å²) in [4.78, 5) is 27.3. The van der Waals surface area contributed by atoms with Crippen molar-refractivity contribution in [3.63, 3.8) is 0 Å². The van der Waals surface area contributed by atoms with E-state index in [1.807, 2.05) is 0 Å². The highest BCUT2D eigenvalue weighted by Gasteiger charge is 2.23. The molecule has 0 aliphatic carbocycles. The topological polar surface area (TPSA) is 111 Å². The summed E-state index contributed by atoms with van der Waals surface area (Å²) in [6.07, 6.45) is 0.395. The summed E-state index contributed by atoms with van der Waals surface area (Å²) < 4.78 is 1.71. The van der Waals surface area contributed by atoms with Crippen LogP contribution in [0.4, 0.5) is 5.95 Å². The fourth-order valence-corrected chi connectivity index (χ4v) is 2.62. The molecule has 0 aromatic carbocycles. The number of piperazine rings is 1. The van der Waals surface area contributed by atoms with E-state index in [0.717, 1.165) is 26.2 Å². The lowest BCUT2D eigenvalue weighted by molar-refractivity contribution is 0.0821. The summed E-state index contributed by atoms with van der Waals surface area (Å²) in [5, 5.41) is 18.9. The van der Waals surface area contributed by atoms with Crippen LogP contribution in [0.3, 0.4) is 0 Å². The second-order valence-electron chi connectivity index (χ2n) is 5.55. The van der Waals surface area contributed by atoms with Crippen LogP contribution in [0.1, 0.15) is 0 Å². The van der Waals surface area contributed by atoms with Crippen LogP contribution >= 0.6 is 0 Å². The van der Waals surface area contributed by atoms with Gasteiger partial charge in [0.05, 0.1) is 25.6 Å². The Bertz CT molecular complexity index is 703. The number of aromatic amines is 1. The molecule has 3 heterocycles. The molecule has 1 saturated heterocycles. The zero-order chi connectivity index (χ0) is 15.7. The average molecular weight is 308 g/mol. The molecule has 22 heavy (non-hydrogen) atoms. The molecule has 9 heteroatoms. The molecule has 9 nitrogen and oxygen atoms in total. The van der Waals surface area contributed by atoms with E-state index >= 15 is 0 Å². The molecular formula is C13H20N6O3. The van der Waals surface area contributed by atoms with E-state index in [-0.39, 0.29) is 24.2 Å². The minimum atomic E-state index is -0.926. The first kappa shape index (κ1) is 14.9. The predicted octanol–water partition coefficient (Wildman–Crippen LogP) is -1.78. The number of nitrogens with zero attached hydrogens (tertiary/aromatic N) is 5. The third kappa shape index (κ3) is 2.70. The normalized spacial score (nSPS) is 18.0. The summed E-state index contributed by atoms with van der Waals surface area (Å²) in [7, 11) is 2.06. The van der Waals surface area contributed by atoms with Crippen molar-refractivity contribution in [2.45, 2.75) is 12.6 Å². The largest absolute Gasteiger partial charge is 0.394 e. The molecular weight excluding hydrogens is 288 g/mol. The van der Waals surface area contributed by atoms with Crippen LogP contribution in [0.5, 0.6) is 0 Å². The van der Waals surface area contributed by atoms with E-state index < -0.39 is 6.10 Å². The van der Waals surface area contributed by atoms with E-state index in [9.17, 15) is 9.90 Å². The Kier molecular flexibility index (Phi) is 4.10. The molecule has 0 radical (unpaired) electrons. The lowest BCUT2D eigenvalue weighted by atomic mass is 10.3. The lowest BCUT2D eigenvalue weighted by Gasteiger charge is -2.33. The van der Waals surface area contributed by atoms with Gasteiger partial charge in [0.15, 0.2) is 11.2 Å². The Morgan fingerprint density at radius 1 is 1.36 bits per heavy atom. The van der Waals surface area contributed by atoms with E-state index in [2.05, 4.69) is 31.8 Å². The van der Waals surface area contributed by atoms with Gasteiger partial charge in [-0.25, -0.2) is 9.97 Å². The van der Waals surface area contributed by atoms with Gasteiger partial charge in [0, 0.05) is 26.2 Å². The van der Waals surface area contributed by atoms with Crippen molar-refractivity contribution >= 4 is 17.1 Å². The number of anilines is 1. The molecule has 0 saturated carbocycles. The van der Waals surface area contributed by atoms with E-state index in [1.165, 1.54) is 6.33 Å².